The monoisotopic (exact) mass is 440 g/mol. The molecule has 0 heterocycles. The molecule has 0 amide bonds. The second-order valence-electron chi connectivity index (χ2n) is 10.4. The Kier molecular flexibility index (Phi) is 6.88. The summed E-state index contributed by atoms with van der Waals surface area (Å²) in [6.45, 7) is 9.96. The third-order valence-electron chi connectivity index (χ3n) is 7.14. The zero-order valence-corrected chi connectivity index (χ0v) is 20.8. The fourth-order valence-electron chi connectivity index (χ4n) is 4.85. The van der Waals surface area contributed by atoms with Crippen molar-refractivity contribution >= 4 is 5.57 Å². The van der Waals surface area contributed by atoms with Gasteiger partial charge in [0.1, 0.15) is 5.67 Å². The van der Waals surface area contributed by atoms with Crippen molar-refractivity contribution in [2.24, 2.45) is 0 Å². The molecule has 0 saturated heterocycles. The van der Waals surface area contributed by atoms with Crippen molar-refractivity contribution in [3.63, 3.8) is 0 Å². The lowest BCUT2D eigenvalue weighted by atomic mass is 9.88. The Bertz CT molecular complexity index is 1150. The van der Waals surface area contributed by atoms with Crippen molar-refractivity contribution in [3.8, 4) is 0 Å². The quantitative estimate of drug-likeness (QED) is 0.328. The molecule has 1 heteroatoms. The van der Waals surface area contributed by atoms with Crippen molar-refractivity contribution in [2.75, 3.05) is 0 Å². The predicted octanol–water partition coefficient (Wildman–Crippen LogP) is 9.03. The van der Waals surface area contributed by atoms with Crippen LogP contribution >= 0.6 is 0 Å². The van der Waals surface area contributed by atoms with Crippen LogP contribution in [0.15, 0.2) is 72.3 Å². The third kappa shape index (κ3) is 5.82. The Hall–Kier alpha value is -2.67. The van der Waals surface area contributed by atoms with Crippen LogP contribution in [-0.4, -0.2) is 0 Å². The Morgan fingerprint density at radius 3 is 2.33 bits per heavy atom. The number of alkyl halides is 1. The van der Waals surface area contributed by atoms with Crippen molar-refractivity contribution in [1.82, 2.24) is 0 Å². The van der Waals surface area contributed by atoms with E-state index in [2.05, 4.69) is 69.3 Å². The average Bonchev–Trinajstić information content (AvgIpc) is 3.61. The fourth-order valence-corrected chi connectivity index (χ4v) is 4.85. The van der Waals surface area contributed by atoms with Crippen LogP contribution in [-0.2, 0) is 18.5 Å². The highest BCUT2D eigenvalue weighted by Gasteiger charge is 2.21. The average molecular weight is 441 g/mol. The van der Waals surface area contributed by atoms with Crippen LogP contribution in [0.1, 0.15) is 84.9 Å². The van der Waals surface area contributed by atoms with Crippen LogP contribution in [0.25, 0.3) is 5.57 Å². The van der Waals surface area contributed by atoms with E-state index in [9.17, 15) is 4.39 Å². The second-order valence-corrected chi connectivity index (χ2v) is 10.4. The first-order valence-electron chi connectivity index (χ1n) is 12.4. The molecule has 3 aromatic rings. The zero-order chi connectivity index (χ0) is 23.6. The van der Waals surface area contributed by atoms with Crippen molar-refractivity contribution in [1.29, 1.82) is 0 Å². The van der Waals surface area contributed by atoms with E-state index in [1.807, 2.05) is 18.2 Å². The molecule has 3 aromatic carbocycles. The molecule has 0 spiro atoms. The van der Waals surface area contributed by atoms with E-state index in [0.29, 0.717) is 5.92 Å². The maximum Gasteiger partial charge on any atom is 0.130 e. The predicted molar refractivity (Wildman–Crippen MR) is 140 cm³/mol. The molecule has 0 N–H and O–H groups in total. The highest BCUT2D eigenvalue weighted by Crippen LogP contribution is 2.39. The maximum absolute atomic E-state index is 14.4. The van der Waals surface area contributed by atoms with E-state index in [1.54, 1.807) is 25.0 Å². The topological polar surface area (TPSA) is 0 Å². The summed E-state index contributed by atoms with van der Waals surface area (Å²) in [5.41, 5.74) is 10.8. The summed E-state index contributed by atoms with van der Waals surface area (Å²) in [4.78, 5) is 0. The summed E-state index contributed by atoms with van der Waals surface area (Å²) in [5, 5.41) is 0. The van der Waals surface area contributed by atoms with Gasteiger partial charge in [0.15, 0.2) is 0 Å². The minimum Gasteiger partial charge on any atom is -0.239 e. The van der Waals surface area contributed by atoms with Gasteiger partial charge in [0, 0.05) is 0 Å². The molecule has 1 unspecified atom stereocenters. The van der Waals surface area contributed by atoms with Gasteiger partial charge in [0.2, 0.25) is 0 Å². The fraction of sp³-hybridized carbons (Fsp3) is 0.375. The Balaban J connectivity index is 1.44. The highest BCUT2D eigenvalue weighted by atomic mass is 19.1. The van der Waals surface area contributed by atoms with E-state index >= 15 is 0 Å². The first-order chi connectivity index (χ1) is 15.7. The van der Waals surface area contributed by atoms with Gasteiger partial charge in [0.05, 0.1) is 0 Å². The molecular formula is C32H37F. The SMILES string of the molecule is Cc1cc(CCC(=C2CC2)c2ccccc2C)ccc1CC(C)c1cccc(C(C)(C)F)c1. The van der Waals surface area contributed by atoms with Crippen molar-refractivity contribution in [2.45, 2.75) is 78.3 Å². The number of benzene rings is 3. The number of hydrogen-bond donors (Lipinski definition) is 0. The van der Waals surface area contributed by atoms with Gasteiger partial charge in [-0.1, -0.05) is 79.2 Å². The third-order valence-corrected chi connectivity index (χ3v) is 7.14. The van der Waals surface area contributed by atoms with Gasteiger partial charge < -0.3 is 0 Å². The number of hydrogen-bond acceptors (Lipinski definition) is 0. The molecule has 1 aliphatic carbocycles. The van der Waals surface area contributed by atoms with Gasteiger partial charge in [-0.3, -0.25) is 0 Å². The van der Waals surface area contributed by atoms with Gasteiger partial charge in [-0.15, -0.1) is 0 Å². The molecule has 4 rings (SSSR count). The molecule has 1 atom stereocenters. The van der Waals surface area contributed by atoms with Crippen LogP contribution in [0.5, 0.6) is 0 Å². The summed E-state index contributed by atoms with van der Waals surface area (Å²) < 4.78 is 14.4. The van der Waals surface area contributed by atoms with Gasteiger partial charge in [0.25, 0.3) is 0 Å². The minimum atomic E-state index is -1.31. The maximum atomic E-state index is 14.4. The smallest absolute Gasteiger partial charge is 0.130 e. The van der Waals surface area contributed by atoms with E-state index in [4.69, 9.17) is 0 Å². The first kappa shape index (κ1) is 23.5. The summed E-state index contributed by atoms with van der Waals surface area (Å²) >= 11 is 0. The largest absolute Gasteiger partial charge is 0.239 e. The van der Waals surface area contributed by atoms with Gasteiger partial charge >= 0.3 is 0 Å². The molecular weight excluding hydrogens is 403 g/mol. The minimum absolute atomic E-state index is 0.351. The molecule has 1 fully saturated rings. The summed E-state index contributed by atoms with van der Waals surface area (Å²) in [7, 11) is 0. The molecule has 1 aliphatic rings. The Morgan fingerprint density at radius 1 is 0.909 bits per heavy atom. The number of allylic oxidation sites excluding steroid dienone is 2. The van der Waals surface area contributed by atoms with Crippen molar-refractivity contribution < 1.29 is 4.39 Å². The summed E-state index contributed by atoms with van der Waals surface area (Å²) in [6, 6.07) is 23.8. The van der Waals surface area contributed by atoms with E-state index in [1.165, 1.54) is 46.2 Å². The molecule has 172 valence electrons. The Morgan fingerprint density at radius 2 is 1.67 bits per heavy atom. The van der Waals surface area contributed by atoms with E-state index in [-0.39, 0.29) is 0 Å². The standard InChI is InChI=1S/C32H37F/c1-22-9-6-7-12-30(22)31(26-16-17-26)18-14-25-13-15-28(23(2)19-25)20-24(3)27-10-8-11-29(21-27)32(4,5)33/h6-13,15,19,21,24H,14,16-18,20H2,1-5H3. The van der Waals surface area contributed by atoms with Crippen LogP contribution in [0.4, 0.5) is 4.39 Å². The summed E-state index contributed by atoms with van der Waals surface area (Å²) in [6.07, 6.45) is 5.69. The lowest BCUT2D eigenvalue weighted by Gasteiger charge is -2.19. The normalized spacial score (nSPS) is 14.3. The molecule has 0 aliphatic heterocycles. The van der Waals surface area contributed by atoms with Crippen LogP contribution in [0, 0.1) is 13.8 Å². The van der Waals surface area contributed by atoms with Gasteiger partial charge in [-0.2, -0.15) is 0 Å². The lowest BCUT2D eigenvalue weighted by molar-refractivity contribution is 0.221. The molecule has 1 saturated carbocycles. The Labute approximate surface area is 199 Å². The lowest BCUT2D eigenvalue weighted by Crippen LogP contribution is -2.10. The zero-order valence-electron chi connectivity index (χ0n) is 20.8. The van der Waals surface area contributed by atoms with E-state index < -0.39 is 5.67 Å². The number of rotatable bonds is 8. The highest BCUT2D eigenvalue weighted by molar-refractivity contribution is 5.73. The molecule has 33 heavy (non-hydrogen) atoms. The summed E-state index contributed by atoms with van der Waals surface area (Å²) in [5.74, 6) is 0.351. The molecule has 0 aromatic heterocycles. The van der Waals surface area contributed by atoms with Crippen LogP contribution < -0.4 is 0 Å². The van der Waals surface area contributed by atoms with Crippen LogP contribution in [0.3, 0.4) is 0 Å². The van der Waals surface area contributed by atoms with E-state index in [0.717, 1.165) is 24.8 Å². The van der Waals surface area contributed by atoms with Gasteiger partial charge in [-0.05, 0) is 110 Å². The molecule has 0 bridgehead atoms. The number of halogens is 1. The van der Waals surface area contributed by atoms with Gasteiger partial charge in [-0.25, -0.2) is 4.39 Å². The second kappa shape index (κ2) is 9.67. The number of aryl methyl sites for hydroxylation is 3. The molecule has 0 nitrogen and oxygen atoms in total. The first-order valence-corrected chi connectivity index (χ1v) is 12.4. The molecule has 0 radical (unpaired) electrons. The van der Waals surface area contributed by atoms with Crippen LogP contribution in [0.2, 0.25) is 0 Å². The van der Waals surface area contributed by atoms with Crippen molar-refractivity contribution in [3.05, 3.63) is 111 Å².